The van der Waals surface area contributed by atoms with Gasteiger partial charge in [-0.2, -0.15) is 0 Å². The summed E-state index contributed by atoms with van der Waals surface area (Å²) in [5, 5.41) is 10.5. The summed E-state index contributed by atoms with van der Waals surface area (Å²) in [6.07, 6.45) is 5.89. The number of aliphatic hydroxyl groups is 1. The molecule has 0 amide bonds. The van der Waals surface area contributed by atoms with Crippen LogP contribution in [0.15, 0.2) is 12.2 Å². The molecule has 0 spiro atoms. The molecule has 0 saturated heterocycles. The SMILES string of the molecule is CCOC(=O)CCCC[C@@H](O)/C=C/[C@H]1[C@H](O[Si](C)(C)C(C)(C)C)CC(=O)[C@@H]1CCC(=O)OCC. The van der Waals surface area contributed by atoms with Crippen molar-refractivity contribution in [2.45, 2.75) is 110 Å². The first kappa shape index (κ1) is 30.5. The molecule has 0 radical (unpaired) electrons. The first-order valence-corrected chi connectivity index (χ1v) is 15.6. The predicted octanol–water partition coefficient (Wildman–Crippen LogP) is 4.97. The van der Waals surface area contributed by atoms with Crippen LogP contribution in [0.3, 0.4) is 0 Å². The maximum Gasteiger partial charge on any atom is 0.305 e. The minimum absolute atomic E-state index is 0.00572. The maximum atomic E-state index is 12.9. The van der Waals surface area contributed by atoms with Crippen molar-refractivity contribution in [3.8, 4) is 0 Å². The number of carbonyl (C=O) groups is 3. The summed E-state index contributed by atoms with van der Waals surface area (Å²) >= 11 is 0. The van der Waals surface area contributed by atoms with Crippen LogP contribution in [0.25, 0.3) is 0 Å². The molecule has 0 aromatic carbocycles. The Kier molecular flexibility index (Phi) is 12.7. The van der Waals surface area contributed by atoms with Gasteiger partial charge in [-0.25, -0.2) is 0 Å². The average Bonchev–Trinajstić information content (AvgIpc) is 3.01. The molecule has 0 aliphatic heterocycles. The normalized spacial score (nSPS) is 22.2. The molecule has 1 fully saturated rings. The first-order valence-electron chi connectivity index (χ1n) is 12.7. The summed E-state index contributed by atoms with van der Waals surface area (Å²) in [6, 6.07) is 0. The largest absolute Gasteiger partial charge is 0.466 e. The molecule has 4 atom stereocenters. The van der Waals surface area contributed by atoms with Crippen molar-refractivity contribution in [3.05, 3.63) is 12.2 Å². The third-order valence-corrected chi connectivity index (χ3v) is 11.4. The maximum absolute atomic E-state index is 12.9. The van der Waals surface area contributed by atoms with Crippen molar-refractivity contribution in [1.82, 2.24) is 0 Å². The van der Waals surface area contributed by atoms with Gasteiger partial charge >= 0.3 is 11.9 Å². The Morgan fingerprint density at radius 2 is 1.68 bits per heavy atom. The van der Waals surface area contributed by atoms with E-state index < -0.39 is 14.4 Å². The molecule has 34 heavy (non-hydrogen) atoms. The second-order valence-electron chi connectivity index (χ2n) is 10.6. The van der Waals surface area contributed by atoms with Crippen molar-refractivity contribution in [2.24, 2.45) is 11.8 Å². The van der Waals surface area contributed by atoms with Gasteiger partial charge in [-0.15, -0.1) is 0 Å². The van der Waals surface area contributed by atoms with Crippen LogP contribution in [-0.2, 0) is 28.3 Å². The lowest BCUT2D eigenvalue weighted by Crippen LogP contribution is -2.45. The molecule has 1 N–H and O–H groups in total. The van der Waals surface area contributed by atoms with E-state index in [2.05, 4.69) is 33.9 Å². The van der Waals surface area contributed by atoms with Crippen molar-refractivity contribution in [3.63, 3.8) is 0 Å². The van der Waals surface area contributed by atoms with Gasteiger partial charge in [-0.3, -0.25) is 14.4 Å². The Bertz CT molecular complexity index is 696. The van der Waals surface area contributed by atoms with Crippen molar-refractivity contribution >= 4 is 26.0 Å². The molecule has 1 aliphatic carbocycles. The standard InChI is InChI=1S/C26H46O7Si/c1-8-31-24(29)13-11-10-12-19(27)14-15-21-20(16-17-25(30)32-9-2)22(28)18-23(21)33-34(6,7)26(3,4)5/h14-15,19-21,23,27H,8-13,16-18H2,1-7H3/b15-14+/t19-,20-,21-,23-/m1/s1. The number of Topliss-reactive ketones (excluding diaryl/α,β-unsaturated/α-hetero) is 1. The fourth-order valence-electron chi connectivity index (χ4n) is 3.96. The number of carbonyl (C=O) groups excluding carboxylic acids is 3. The Balaban J connectivity index is 2.86. The van der Waals surface area contributed by atoms with E-state index in [4.69, 9.17) is 13.9 Å². The third-order valence-electron chi connectivity index (χ3n) is 6.92. The molecule has 7 nitrogen and oxygen atoms in total. The van der Waals surface area contributed by atoms with Gasteiger partial charge in [0.15, 0.2) is 8.32 Å². The van der Waals surface area contributed by atoms with Gasteiger partial charge in [0.2, 0.25) is 0 Å². The molecular formula is C26H46O7Si. The predicted molar refractivity (Wildman–Crippen MR) is 135 cm³/mol. The topological polar surface area (TPSA) is 99.1 Å². The van der Waals surface area contributed by atoms with E-state index in [0.717, 1.165) is 0 Å². The lowest BCUT2D eigenvalue weighted by atomic mass is 9.89. The molecule has 0 unspecified atom stereocenters. The molecular weight excluding hydrogens is 452 g/mol. The number of ketones is 1. The van der Waals surface area contributed by atoms with Crippen molar-refractivity contribution in [2.75, 3.05) is 13.2 Å². The molecule has 1 saturated carbocycles. The van der Waals surface area contributed by atoms with E-state index in [9.17, 15) is 19.5 Å². The summed E-state index contributed by atoms with van der Waals surface area (Å²) in [5.41, 5.74) is 0. The second-order valence-corrected chi connectivity index (χ2v) is 15.4. The minimum atomic E-state index is -2.11. The van der Waals surface area contributed by atoms with E-state index in [1.165, 1.54) is 0 Å². The van der Waals surface area contributed by atoms with Crippen LogP contribution in [0.5, 0.6) is 0 Å². The summed E-state index contributed by atoms with van der Waals surface area (Å²) < 4.78 is 16.6. The van der Waals surface area contributed by atoms with Gasteiger partial charge in [-0.1, -0.05) is 32.9 Å². The van der Waals surface area contributed by atoms with Gasteiger partial charge in [-0.05, 0) is 57.7 Å². The number of hydrogen-bond donors (Lipinski definition) is 1. The molecule has 0 aromatic heterocycles. The summed E-state index contributed by atoms with van der Waals surface area (Å²) in [4.78, 5) is 36.3. The van der Waals surface area contributed by atoms with Crippen LogP contribution in [0, 0.1) is 11.8 Å². The van der Waals surface area contributed by atoms with Gasteiger partial charge < -0.3 is 19.0 Å². The summed E-state index contributed by atoms with van der Waals surface area (Å²) in [6.45, 7) is 15.1. The van der Waals surface area contributed by atoms with E-state index in [-0.39, 0.29) is 47.1 Å². The van der Waals surface area contributed by atoms with Crippen LogP contribution >= 0.6 is 0 Å². The lowest BCUT2D eigenvalue weighted by Gasteiger charge is -2.39. The fourth-order valence-corrected chi connectivity index (χ4v) is 5.31. The zero-order chi connectivity index (χ0) is 25.9. The highest BCUT2D eigenvalue weighted by molar-refractivity contribution is 6.74. The highest BCUT2D eigenvalue weighted by atomic mass is 28.4. The molecule has 0 aromatic rings. The van der Waals surface area contributed by atoms with Gasteiger partial charge in [0, 0.05) is 31.1 Å². The van der Waals surface area contributed by atoms with E-state index in [0.29, 0.717) is 51.7 Å². The molecule has 196 valence electrons. The van der Waals surface area contributed by atoms with Crippen LogP contribution in [0.1, 0.15) is 79.6 Å². The number of rotatable bonds is 14. The Morgan fingerprint density at radius 1 is 1.09 bits per heavy atom. The molecule has 1 aliphatic rings. The zero-order valence-electron chi connectivity index (χ0n) is 22.2. The number of aliphatic hydroxyl groups excluding tert-OH is 1. The molecule has 0 heterocycles. The van der Waals surface area contributed by atoms with Gasteiger partial charge in [0.05, 0.1) is 25.4 Å². The Labute approximate surface area is 206 Å². The van der Waals surface area contributed by atoms with Crippen LogP contribution in [0.2, 0.25) is 18.1 Å². The Morgan fingerprint density at radius 3 is 2.24 bits per heavy atom. The lowest BCUT2D eigenvalue weighted by molar-refractivity contribution is -0.144. The van der Waals surface area contributed by atoms with Crippen LogP contribution < -0.4 is 0 Å². The Hall–Kier alpha value is -1.51. The van der Waals surface area contributed by atoms with E-state index >= 15 is 0 Å². The third kappa shape index (κ3) is 10.00. The average molecular weight is 499 g/mol. The van der Waals surface area contributed by atoms with Crippen LogP contribution in [-0.4, -0.2) is 56.6 Å². The monoisotopic (exact) mass is 498 g/mol. The fraction of sp³-hybridized carbons (Fsp3) is 0.808. The first-order chi connectivity index (χ1) is 15.8. The van der Waals surface area contributed by atoms with Crippen LogP contribution in [0.4, 0.5) is 0 Å². The summed E-state index contributed by atoms with van der Waals surface area (Å²) in [7, 11) is -2.11. The van der Waals surface area contributed by atoms with Gasteiger partial charge in [0.1, 0.15) is 5.78 Å². The van der Waals surface area contributed by atoms with E-state index in [1.807, 2.05) is 6.08 Å². The zero-order valence-corrected chi connectivity index (χ0v) is 23.2. The second kappa shape index (κ2) is 14.1. The quantitative estimate of drug-likeness (QED) is 0.156. The van der Waals surface area contributed by atoms with Crippen molar-refractivity contribution < 1.29 is 33.4 Å². The highest BCUT2D eigenvalue weighted by Crippen LogP contribution is 2.43. The summed E-state index contributed by atoms with van der Waals surface area (Å²) in [5.74, 6) is -0.927. The van der Waals surface area contributed by atoms with E-state index in [1.54, 1.807) is 19.9 Å². The number of hydrogen-bond acceptors (Lipinski definition) is 7. The van der Waals surface area contributed by atoms with Gasteiger partial charge in [0.25, 0.3) is 0 Å². The van der Waals surface area contributed by atoms with Crippen molar-refractivity contribution in [1.29, 1.82) is 0 Å². The molecule has 0 bridgehead atoms. The number of unbranched alkanes of at least 4 members (excludes halogenated alkanes) is 1. The highest BCUT2D eigenvalue weighted by Gasteiger charge is 2.47. The molecule has 8 heteroatoms. The minimum Gasteiger partial charge on any atom is -0.466 e. The smallest absolute Gasteiger partial charge is 0.305 e. The number of esters is 2. The number of ether oxygens (including phenoxy) is 2. The molecule has 1 rings (SSSR count).